The van der Waals surface area contributed by atoms with Crippen LogP contribution in [0.3, 0.4) is 0 Å². The Kier molecular flexibility index (Phi) is 3.92. The number of rotatable bonds is 4. The maximum absolute atomic E-state index is 5.54. The first-order chi connectivity index (χ1) is 13.8. The third kappa shape index (κ3) is 2.67. The van der Waals surface area contributed by atoms with Gasteiger partial charge in [-0.3, -0.25) is 0 Å². The van der Waals surface area contributed by atoms with Crippen LogP contribution in [0, 0.1) is 0 Å². The first-order valence-electron chi connectivity index (χ1n) is 8.92. The molecule has 0 bridgehead atoms. The molecule has 3 aromatic rings. The molecule has 0 radical (unpaired) electrons. The van der Waals surface area contributed by atoms with E-state index in [1.165, 1.54) is 0 Å². The summed E-state index contributed by atoms with van der Waals surface area (Å²) in [6.45, 7) is 0.245. The minimum Gasteiger partial charge on any atom is -0.493 e. The largest absolute Gasteiger partial charge is 0.493 e. The number of nitrogens with one attached hydrogen (secondary N) is 1. The molecule has 2 aliphatic heterocycles. The Balaban J connectivity index is 1.52. The highest BCUT2D eigenvalue weighted by Crippen LogP contribution is 2.42. The summed E-state index contributed by atoms with van der Waals surface area (Å²) in [6, 6.07) is 11.8. The summed E-state index contributed by atoms with van der Waals surface area (Å²) in [7, 11) is 3.26. The molecule has 3 heterocycles. The highest BCUT2D eigenvalue weighted by atomic mass is 16.7. The molecule has 0 unspecified atom stereocenters. The summed E-state index contributed by atoms with van der Waals surface area (Å²) >= 11 is 0. The zero-order valence-corrected chi connectivity index (χ0v) is 15.5. The molecule has 28 heavy (non-hydrogen) atoms. The van der Waals surface area contributed by atoms with Gasteiger partial charge >= 0.3 is 0 Å². The van der Waals surface area contributed by atoms with Gasteiger partial charge in [-0.05, 0) is 52.2 Å². The Morgan fingerprint density at radius 3 is 2.68 bits per heavy atom. The molecule has 5 rings (SSSR count). The third-order valence-electron chi connectivity index (χ3n) is 5.14. The molecule has 1 N–H and O–H groups in total. The highest BCUT2D eigenvalue weighted by Gasteiger charge is 2.32. The van der Waals surface area contributed by atoms with Crippen molar-refractivity contribution in [2.75, 3.05) is 26.3 Å². The molecule has 2 aliphatic rings. The average Bonchev–Trinajstić information content (AvgIpc) is 3.40. The van der Waals surface area contributed by atoms with Gasteiger partial charge in [0.05, 0.1) is 26.3 Å². The van der Waals surface area contributed by atoms with Crippen LogP contribution in [-0.4, -0.2) is 41.2 Å². The molecule has 0 fully saturated rings. The number of ether oxygens (including phenoxy) is 4. The van der Waals surface area contributed by atoms with Crippen LogP contribution in [-0.2, 0) is 0 Å². The lowest BCUT2D eigenvalue weighted by atomic mass is 9.93. The van der Waals surface area contributed by atoms with Gasteiger partial charge in [0.25, 0.3) is 0 Å². The van der Waals surface area contributed by atoms with Crippen LogP contribution in [0.2, 0.25) is 0 Å². The van der Waals surface area contributed by atoms with Gasteiger partial charge in [-0.2, -0.15) is 0 Å². The van der Waals surface area contributed by atoms with E-state index in [0.29, 0.717) is 17.4 Å². The topological polar surface area (TPSA) is 92.6 Å². The molecule has 9 heteroatoms. The molecule has 9 nitrogen and oxygen atoms in total. The van der Waals surface area contributed by atoms with Crippen LogP contribution in [0.1, 0.15) is 29.6 Å². The van der Waals surface area contributed by atoms with E-state index in [9.17, 15) is 0 Å². The van der Waals surface area contributed by atoms with E-state index in [1.54, 1.807) is 18.9 Å². The second-order valence-electron chi connectivity index (χ2n) is 6.62. The Bertz CT molecular complexity index is 1020. The van der Waals surface area contributed by atoms with Crippen molar-refractivity contribution in [1.82, 2.24) is 20.2 Å². The summed E-state index contributed by atoms with van der Waals surface area (Å²) in [5.74, 6) is 3.50. The minimum atomic E-state index is -0.0427. The van der Waals surface area contributed by atoms with Crippen molar-refractivity contribution in [3.63, 3.8) is 0 Å². The second-order valence-corrected chi connectivity index (χ2v) is 6.62. The van der Waals surface area contributed by atoms with Gasteiger partial charge in [0, 0.05) is 0 Å². The van der Waals surface area contributed by atoms with Gasteiger partial charge in [-0.15, -0.1) is 0 Å². The smallest absolute Gasteiger partial charge is 0.243 e. The van der Waals surface area contributed by atoms with Gasteiger partial charge in [-0.1, -0.05) is 17.2 Å². The number of aromatic nitrogens is 4. The van der Waals surface area contributed by atoms with Gasteiger partial charge < -0.3 is 24.3 Å². The quantitative estimate of drug-likeness (QED) is 0.737. The Labute approximate surface area is 161 Å². The van der Waals surface area contributed by atoms with Crippen molar-refractivity contribution in [2.24, 2.45) is 0 Å². The first-order valence-corrected chi connectivity index (χ1v) is 8.92. The number of hydrogen-bond donors (Lipinski definition) is 1. The van der Waals surface area contributed by atoms with Crippen LogP contribution in [0.4, 0.5) is 5.95 Å². The Morgan fingerprint density at radius 1 is 1.00 bits per heavy atom. The van der Waals surface area contributed by atoms with Crippen LogP contribution in [0.5, 0.6) is 23.0 Å². The van der Waals surface area contributed by atoms with Gasteiger partial charge in [0.1, 0.15) is 0 Å². The fourth-order valence-corrected chi connectivity index (χ4v) is 3.72. The molecular formula is C19H19N5O4. The number of methoxy groups -OCH3 is 2. The summed E-state index contributed by atoms with van der Waals surface area (Å²) in [5.41, 5.74) is 2.13. The molecule has 0 saturated carbocycles. The van der Waals surface area contributed by atoms with Gasteiger partial charge in [-0.25, -0.2) is 4.68 Å². The van der Waals surface area contributed by atoms with E-state index in [0.717, 1.165) is 29.0 Å². The fraction of sp³-hybridized carbons (Fsp3) is 0.316. The lowest BCUT2D eigenvalue weighted by Crippen LogP contribution is -2.28. The van der Waals surface area contributed by atoms with Crippen LogP contribution in [0.15, 0.2) is 36.4 Å². The van der Waals surface area contributed by atoms with Crippen molar-refractivity contribution in [3.8, 4) is 23.0 Å². The maximum atomic E-state index is 5.54. The predicted octanol–water partition coefficient (Wildman–Crippen LogP) is 2.57. The van der Waals surface area contributed by atoms with Gasteiger partial charge in [0.2, 0.25) is 12.7 Å². The van der Waals surface area contributed by atoms with E-state index in [1.807, 2.05) is 36.4 Å². The normalized spacial score (nSPS) is 19.6. The first kappa shape index (κ1) is 16.7. The summed E-state index contributed by atoms with van der Waals surface area (Å²) < 4.78 is 23.6. The zero-order valence-electron chi connectivity index (χ0n) is 15.5. The molecule has 144 valence electrons. The zero-order chi connectivity index (χ0) is 19.1. The molecule has 2 atom stereocenters. The van der Waals surface area contributed by atoms with Crippen LogP contribution >= 0.6 is 0 Å². The van der Waals surface area contributed by atoms with E-state index in [4.69, 9.17) is 18.9 Å². The van der Waals surface area contributed by atoms with E-state index >= 15 is 0 Å². The lowest BCUT2D eigenvalue weighted by Gasteiger charge is -2.31. The number of tetrazole rings is 1. The molecule has 0 spiro atoms. The molecular weight excluding hydrogens is 362 g/mol. The standard InChI is InChI=1S/C19H19N5O4/c1-25-15-5-3-11(7-17(15)26-2)13-9-14(24-19(20-13)21-22-23-24)12-4-6-16-18(8-12)28-10-27-16/h3-8,13-14H,9-10H2,1-2H3,(H,20,21,23)/t13-,14+/m1/s1. The van der Waals surface area contributed by atoms with Crippen molar-refractivity contribution < 1.29 is 18.9 Å². The van der Waals surface area contributed by atoms with Crippen LogP contribution < -0.4 is 24.3 Å². The summed E-state index contributed by atoms with van der Waals surface area (Å²) in [6.07, 6.45) is 0.757. The molecule has 1 aromatic heterocycles. The summed E-state index contributed by atoms with van der Waals surface area (Å²) in [5, 5.41) is 15.6. The monoisotopic (exact) mass is 381 g/mol. The fourth-order valence-electron chi connectivity index (χ4n) is 3.72. The maximum Gasteiger partial charge on any atom is 0.243 e. The Hall–Kier alpha value is -3.49. The van der Waals surface area contributed by atoms with Crippen molar-refractivity contribution in [1.29, 1.82) is 0 Å². The number of hydrogen-bond acceptors (Lipinski definition) is 8. The summed E-state index contributed by atoms with van der Waals surface area (Å²) in [4.78, 5) is 0. The van der Waals surface area contributed by atoms with Crippen LogP contribution in [0.25, 0.3) is 0 Å². The number of nitrogens with zero attached hydrogens (tertiary/aromatic N) is 4. The molecule has 2 aromatic carbocycles. The number of benzene rings is 2. The SMILES string of the molecule is COc1ccc([C@H]2C[C@@H](c3ccc4c(c3)OCO4)n3nnnc3N2)cc1OC. The van der Waals surface area contributed by atoms with Crippen molar-refractivity contribution >= 4 is 5.95 Å². The van der Waals surface area contributed by atoms with Crippen molar-refractivity contribution in [2.45, 2.75) is 18.5 Å². The van der Waals surface area contributed by atoms with E-state index < -0.39 is 0 Å². The molecule has 0 amide bonds. The van der Waals surface area contributed by atoms with Gasteiger partial charge in [0.15, 0.2) is 23.0 Å². The Morgan fingerprint density at radius 2 is 1.82 bits per heavy atom. The number of fused-ring (bicyclic) bond motifs is 2. The molecule has 0 saturated heterocycles. The second kappa shape index (κ2) is 6.59. The van der Waals surface area contributed by atoms with E-state index in [-0.39, 0.29) is 18.9 Å². The predicted molar refractivity (Wildman–Crippen MR) is 99.0 cm³/mol. The lowest BCUT2D eigenvalue weighted by molar-refractivity contribution is 0.174. The minimum absolute atomic E-state index is 0.00808. The third-order valence-corrected chi connectivity index (χ3v) is 5.14. The number of anilines is 1. The highest BCUT2D eigenvalue weighted by molar-refractivity contribution is 5.48. The average molecular weight is 381 g/mol. The van der Waals surface area contributed by atoms with Crippen molar-refractivity contribution in [3.05, 3.63) is 47.5 Å². The molecule has 0 aliphatic carbocycles. The van der Waals surface area contributed by atoms with E-state index in [2.05, 4.69) is 20.8 Å².